The van der Waals surface area contributed by atoms with Gasteiger partial charge in [0.1, 0.15) is 10.7 Å². The van der Waals surface area contributed by atoms with Crippen molar-refractivity contribution in [1.82, 2.24) is 9.55 Å². The maximum atomic E-state index is 12.5. The maximum Gasteiger partial charge on any atom is 0.345 e. The fourth-order valence-corrected chi connectivity index (χ4v) is 3.11. The lowest BCUT2D eigenvalue weighted by atomic mass is 10.5. The van der Waals surface area contributed by atoms with Crippen LogP contribution in [0.15, 0.2) is 28.7 Å². The zero-order valence-electron chi connectivity index (χ0n) is 8.92. The first-order valence-electron chi connectivity index (χ1n) is 4.82. The lowest BCUT2D eigenvalue weighted by Gasteiger charge is -2.04. The number of halogens is 2. The van der Waals surface area contributed by atoms with Gasteiger partial charge in [-0.2, -0.15) is 8.78 Å². The summed E-state index contributed by atoms with van der Waals surface area (Å²) in [6.45, 7) is -2.61. The molecule has 0 aliphatic heterocycles. The van der Waals surface area contributed by atoms with Crippen molar-refractivity contribution in [1.29, 1.82) is 0 Å². The van der Waals surface area contributed by atoms with E-state index in [2.05, 4.69) is 4.98 Å². The minimum Gasteiger partial charge on any atom is -0.477 e. The Hall–Kier alpha value is -1.41. The summed E-state index contributed by atoms with van der Waals surface area (Å²) in [4.78, 5) is 15.5. The Morgan fingerprint density at radius 3 is 3.00 bits per heavy atom. The lowest BCUT2D eigenvalue weighted by Crippen LogP contribution is -2.01. The molecule has 2 aromatic heterocycles. The molecule has 0 atom stereocenters. The summed E-state index contributed by atoms with van der Waals surface area (Å²) in [6, 6.07) is 1.52. The Bertz CT molecular complexity index is 554. The average molecular weight is 290 g/mol. The van der Waals surface area contributed by atoms with Crippen molar-refractivity contribution in [2.75, 3.05) is 0 Å². The molecule has 2 aromatic rings. The van der Waals surface area contributed by atoms with Crippen LogP contribution in [-0.2, 0) is 5.75 Å². The van der Waals surface area contributed by atoms with E-state index in [4.69, 9.17) is 5.11 Å². The number of hydrogen-bond acceptors (Lipinski definition) is 4. The van der Waals surface area contributed by atoms with E-state index in [1.54, 1.807) is 5.38 Å². The molecule has 0 saturated carbocycles. The highest BCUT2D eigenvalue weighted by molar-refractivity contribution is 7.98. The van der Waals surface area contributed by atoms with Crippen molar-refractivity contribution >= 4 is 29.1 Å². The fourth-order valence-electron chi connectivity index (χ4n) is 1.29. The third-order valence-electron chi connectivity index (χ3n) is 2.11. The van der Waals surface area contributed by atoms with Gasteiger partial charge in [-0.3, -0.25) is 4.57 Å². The third kappa shape index (κ3) is 2.88. The monoisotopic (exact) mass is 290 g/mol. The molecule has 0 amide bonds. The molecule has 0 radical (unpaired) electrons. The van der Waals surface area contributed by atoms with E-state index in [0.29, 0.717) is 0 Å². The molecule has 2 heterocycles. The number of imidazole rings is 1. The minimum atomic E-state index is -2.61. The molecule has 0 aliphatic carbocycles. The van der Waals surface area contributed by atoms with Crippen LogP contribution in [0.4, 0.5) is 8.78 Å². The average Bonchev–Trinajstić information content (AvgIpc) is 2.95. The van der Waals surface area contributed by atoms with Gasteiger partial charge in [-0.05, 0) is 6.07 Å². The normalized spacial score (nSPS) is 11.1. The molecular weight excluding hydrogens is 282 g/mol. The number of aromatic nitrogens is 2. The van der Waals surface area contributed by atoms with Gasteiger partial charge in [0.15, 0.2) is 0 Å². The number of nitrogens with zero attached hydrogens (tertiary/aromatic N) is 2. The number of aromatic carboxylic acids is 1. The Labute approximate surface area is 109 Å². The van der Waals surface area contributed by atoms with Crippen LogP contribution in [0.5, 0.6) is 0 Å². The standard InChI is InChI=1S/C10H8F2N2O2S2/c11-10(12)14-2-1-13-8(14)5-17-6-3-7(9(15)16)18-4-6/h1-4,10H,5H2,(H,15,16). The molecule has 0 fully saturated rings. The van der Waals surface area contributed by atoms with Crippen molar-refractivity contribution in [2.24, 2.45) is 0 Å². The number of thiophene rings is 1. The van der Waals surface area contributed by atoms with Gasteiger partial charge < -0.3 is 5.11 Å². The van der Waals surface area contributed by atoms with E-state index in [9.17, 15) is 13.6 Å². The van der Waals surface area contributed by atoms with Crippen LogP contribution in [-0.4, -0.2) is 20.6 Å². The Balaban J connectivity index is 2.02. The zero-order chi connectivity index (χ0) is 13.1. The molecule has 0 saturated heterocycles. The molecule has 96 valence electrons. The number of rotatable bonds is 5. The smallest absolute Gasteiger partial charge is 0.345 e. The molecule has 4 nitrogen and oxygen atoms in total. The van der Waals surface area contributed by atoms with Crippen molar-refractivity contribution in [3.8, 4) is 0 Å². The number of alkyl halides is 2. The van der Waals surface area contributed by atoms with Crippen LogP contribution in [0.3, 0.4) is 0 Å². The van der Waals surface area contributed by atoms with E-state index in [0.717, 1.165) is 20.8 Å². The maximum absolute atomic E-state index is 12.5. The highest BCUT2D eigenvalue weighted by Crippen LogP contribution is 2.28. The van der Waals surface area contributed by atoms with Gasteiger partial charge in [-0.25, -0.2) is 9.78 Å². The Kier molecular flexibility index (Phi) is 3.97. The predicted molar refractivity (Wildman–Crippen MR) is 64.3 cm³/mol. The van der Waals surface area contributed by atoms with Gasteiger partial charge in [0.2, 0.25) is 0 Å². The van der Waals surface area contributed by atoms with Gasteiger partial charge in [0, 0.05) is 22.7 Å². The molecule has 0 bridgehead atoms. The van der Waals surface area contributed by atoms with Crippen molar-refractivity contribution in [3.63, 3.8) is 0 Å². The summed E-state index contributed by atoms with van der Waals surface area (Å²) in [5.74, 6) is -0.452. The van der Waals surface area contributed by atoms with Gasteiger partial charge in [0.25, 0.3) is 0 Å². The molecule has 2 rings (SSSR count). The quantitative estimate of drug-likeness (QED) is 0.858. The van der Waals surface area contributed by atoms with E-state index in [-0.39, 0.29) is 16.5 Å². The second kappa shape index (κ2) is 5.49. The van der Waals surface area contributed by atoms with Gasteiger partial charge in [0.05, 0.1) is 5.75 Å². The number of carboxylic acid groups (broad SMARTS) is 1. The summed E-state index contributed by atoms with van der Waals surface area (Å²) in [6.07, 6.45) is 2.54. The Morgan fingerprint density at radius 1 is 1.61 bits per heavy atom. The molecule has 8 heteroatoms. The SMILES string of the molecule is O=C(O)c1cc(SCc2nccn2C(F)F)cs1. The second-order valence-electron chi connectivity index (χ2n) is 3.27. The van der Waals surface area contributed by atoms with Crippen LogP contribution in [0, 0.1) is 0 Å². The van der Waals surface area contributed by atoms with Gasteiger partial charge in [-0.1, -0.05) is 0 Å². The first-order chi connectivity index (χ1) is 8.58. The number of carboxylic acids is 1. The van der Waals surface area contributed by atoms with Crippen molar-refractivity contribution < 1.29 is 18.7 Å². The second-order valence-corrected chi connectivity index (χ2v) is 5.23. The first-order valence-corrected chi connectivity index (χ1v) is 6.69. The number of hydrogen-bond donors (Lipinski definition) is 1. The highest BCUT2D eigenvalue weighted by Gasteiger charge is 2.12. The Morgan fingerprint density at radius 2 is 2.39 bits per heavy atom. The third-order valence-corrected chi connectivity index (χ3v) is 4.15. The summed E-state index contributed by atoms with van der Waals surface area (Å²) in [5, 5.41) is 10.4. The van der Waals surface area contributed by atoms with E-state index < -0.39 is 12.5 Å². The molecule has 0 unspecified atom stereocenters. The largest absolute Gasteiger partial charge is 0.477 e. The van der Waals surface area contributed by atoms with Crippen LogP contribution in [0.2, 0.25) is 0 Å². The topological polar surface area (TPSA) is 55.1 Å². The summed E-state index contributed by atoms with van der Waals surface area (Å²) in [7, 11) is 0. The van der Waals surface area contributed by atoms with Gasteiger partial charge >= 0.3 is 12.5 Å². The van der Waals surface area contributed by atoms with Crippen LogP contribution >= 0.6 is 23.1 Å². The highest BCUT2D eigenvalue weighted by atomic mass is 32.2. The molecular formula is C10H8F2N2O2S2. The van der Waals surface area contributed by atoms with Crippen LogP contribution in [0.1, 0.15) is 22.0 Å². The predicted octanol–water partition coefficient (Wildman–Crippen LogP) is 3.33. The van der Waals surface area contributed by atoms with Gasteiger partial charge in [-0.15, -0.1) is 23.1 Å². The van der Waals surface area contributed by atoms with E-state index in [1.807, 2.05) is 0 Å². The first kappa shape index (κ1) is 13.0. The van der Waals surface area contributed by atoms with Crippen molar-refractivity contribution in [3.05, 3.63) is 34.5 Å². The summed E-state index contributed by atoms with van der Waals surface area (Å²) >= 11 is 2.39. The van der Waals surface area contributed by atoms with E-state index >= 15 is 0 Å². The number of carbonyl (C=O) groups is 1. The number of thioether (sulfide) groups is 1. The van der Waals surface area contributed by atoms with E-state index in [1.165, 1.54) is 30.2 Å². The fraction of sp³-hybridized carbons (Fsp3) is 0.200. The molecule has 0 aliphatic rings. The molecule has 1 N–H and O–H groups in total. The summed E-state index contributed by atoms with van der Waals surface area (Å²) < 4.78 is 25.9. The van der Waals surface area contributed by atoms with Crippen LogP contribution in [0.25, 0.3) is 0 Å². The molecule has 0 aromatic carbocycles. The molecule has 0 spiro atoms. The van der Waals surface area contributed by atoms with Crippen molar-refractivity contribution in [2.45, 2.75) is 17.2 Å². The molecule has 18 heavy (non-hydrogen) atoms. The lowest BCUT2D eigenvalue weighted by molar-refractivity contribution is 0.0676. The van der Waals surface area contributed by atoms with Crippen LogP contribution < -0.4 is 0 Å². The minimum absolute atomic E-state index is 0.231. The summed E-state index contributed by atoms with van der Waals surface area (Å²) in [5.41, 5.74) is 0. The zero-order valence-corrected chi connectivity index (χ0v) is 10.5.